The van der Waals surface area contributed by atoms with Gasteiger partial charge >= 0.3 is 0 Å². The largest absolute Gasteiger partial charge is 0.330 e. The molecule has 82 valence electrons. The molecule has 0 spiro atoms. The first kappa shape index (κ1) is 10.4. The SMILES string of the molecule is CC1(C)CN(C2CCC(CN)CC2)C1. The monoisotopic (exact) mass is 196 g/mol. The van der Waals surface area contributed by atoms with Crippen LogP contribution in [0.5, 0.6) is 0 Å². The summed E-state index contributed by atoms with van der Waals surface area (Å²) >= 11 is 0. The molecular formula is C12H24N2. The second kappa shape index (κ2) is 3.82. The van der Waals surface area contributed by atoms with Gasteiger partial charge < -0.3 is 5.73 Å². The van der Waals surface area contributed by atoms with Crippen molar-refractivity contribution in [3.05, 3.63) is 0 Å². The average Bonchev–Trinajstić information content (AvgIpc) is 2.14. The molecule has 0 aromatic carbocycles. The predicted molar refractivity (Wildman–Crippen MR) is 60.2 cm³/mol. The molecule has 1 aliphatic heterocycles. The number of hydrogen-bond acceptors (Lipinski definition) is 2. The van der Waals surface area contributed by atoms with Gasteiger partial charge in [0, 0.05) is 19.1 Å². The lowest BCUT2D eigenvalue weighted by Gasteiger charge is -2.51. The van der Waals surface area contributed by atoms with Crippen molar-refractivity contribution >= 4 is 0 Å². The predicted octanol–water partition coefficient (Wildman–Crippen LogP) is 1.85. The van der Waals surface area contributed by atoms with Gasteiger partial charge in [-0.15, -0.1) is 0 Å². The third-order valence-electron chi connectivity index (χ3n) is 3.93. The number of nitrogens with two attached hydrogens (primary N) is 1. The number of hydrogen-bond donors (Lipinski definition) is 1. The van der Waals surface area contributed by atoms with E-state index in [1.54, 1.807) is 0 Å². The zero-order chi connectivity index (χ0) is 10.2. The molecule has 2 aliphatic rings. The van der Waals surface area contributed by atoms with Crippen LogP contribution in [0.25, 0.3) is 0 Å². The Hall–Kier alpha value is -0.0800. The van der Waals surface area contributed by atoms with Crippen molar-refractivity contribution in [2.45, 2.75) is 45.6 Å². The van der Waals surface area contributed by atoms with E-state index in [0.717, 1.165) is 18.5 Å². The fourth-order valence-corrected chi connectivity index (χ4v) is 3.06. The molecule has 2 N–H and O–H groups in total. The summed E-state index contributed by atoms with van der Waals surface area (Å²) in [6.07, 6.45) is 5.49. The van der Waals surface area contributed by atoms with Gasteiger partial charge in [-0.25, -0.2) is 0 Å². The molecule has 1 saturated heterocycles. The van der Waals surface area contributed by atoms with Crippen LogP contribution in [-0.2, 0) is 0 Å². The first-order valence-corrected chi connectivity index (χ1v) is 6.05. The van der Waals surface area contributed by atoms with Gasteiger partial charge in [-0.3, -0.25) is 4.90 Å². The Morgan fingerprint density at radius 1 is 1.14 bits per heavy atom. The van der Waals surface area contributed by atoms with Gasteiger partial charge in [0.05, 0.1) is 0 Å². The quantitative estimate of drug-likeness (QED) is 0.730. The lowest BCUT2D eigenvalue weighted by molar-refractivity contribution is -0.0218. The standard InChI is InChI=1S/C12H24N2/c1-12(2)8-14(9-12)11-5-3-10(7-13)4-6-11/h10-11H,3-9,13H2,1-2H3. The molecule has 0 aromatic rings. The van der Waals surface area contributed by atoms with E-state index in [0.29, 0.717) is 5.41 Å². The molecule has 2 nitrogen and oxygen atoms in total. The molecule has 0 amide bonds. The van der Waals surface area contributed by atoms with E-state index in [9.17, 15) is 0 Å². The molecule has 1 heterocycles. The van der Waals surface area contributed by atoms with Crippen molar-refractivity contribution in [1.29, 1.82) is 0 Å². The second-order valence-electron chi connectivity index (χ2n) is 5.98. The summed E-state index contributed by atoms with van der Waals surface area (Å²) in [6.45, 7) is 8.26. The van der Waals surface area contributed by atoms with E-state index >= 15 is 0 Å². The fraction of sp³-hybridized carbons (Fsp3) is 1.00. The van der Waals surface area contributed by atoms with Crippen LogP contribution in [0.2, 0.25) is 0 Å². The molecule has 2 rings (SSSR count). The zero-order valence-corrected chi connectivity index (χ0v) is 9.63. The van der Waals surface area contributed by atoms with E-state index in [1.165, 1.54) is 38.8 Å². The minimum atomic E-state index is 0.588. The maximum Gasteiger partial charge on any atom is 0.00959 e. The van der Waals surface area contributed by atoms with Crippen LogP contribution >= 0.6 is 0 Å². The Morgan fingerprint density at radius 3 is 2.14 bits per heavy atom. The van der Waals surface area contributed by atoms with Crippen LogP contribution in [0.15, 0.2) is 0 Å². The third-order valence-corrected chi connectivity index (χ3v) is 3.93. The van der Waals surface area contributed by atoms with Gasteiger partial charge in [0.15, 0.2) is 0 Å². The van der Waals surface area contributed by atoms with Crippen molar-refractivity contribution < 1.29 is 0 Å². The smallest absolute Gasteiger partial charge is 0.00959 e. The van der Waals surface area contributed by atoms with E-state index in [1.807, 2.05) is 0 Å². The Kier molecular flexibility index (Phi) is 2.85. The van der Waals surface area contributed by atoms with Gasteiger partial charge in [-0.05, 0) is 43.6 Å². The average molecular weight is 196 g/mol. The molecular weight excluding hydrogens is 172 g/mol. The maximum atomic E-state index is 5.70. The van der Waals surface area contributed by atoms with E-state index < -0.39 is 0 Å². The Balaban J connectivity index is 1.74. The van der Waals surface area contributed by atoms with Crippen molar-refractivity contribution in [2.75, 3.05) is 19.6 Å². The van der Waals surface area contributed by atoms with E-state index in [4.69, 9.17) is 5.73 Å². The first-order valence-electron chi connectivity index (χ1n) is 6.05. The van der Waals surface area contributed by atoms with Crippen molar-refractivity contribution in [1.82, 2.24) is 4.90 Å². The van der Waals surface area contributed by atoms with Crippen LogP contribution in [0.4, 0.5) is 0 Å². The topological polar surface area (TPSA) is 29.3 Å². The van der Waals surface area contributed by atoms with Gasteiger partial charge in [0.2, 0.25) is 0 Å². The molecule has 2 fully saturated rings. The Bertz CT molecular complexity index is 184. The third kappa shape index (κ3) is 2.12. The van der Waals surface area contributed by atoms with Gasteiger partial charge in [-0.1, -0.05) is 13.8 Å². The number of nitrogens with zero attached hydrogens (tertiary/aromatic N) is 1. The second-order valence-corrected chi connectivity index (χ2v) is 5.98. The molecule has 0 atom stereocenters. The van der Waals surface area contributed by atoms with Crippen molar-refractivity contribution in [2.24, 2.45) is 17.1 Å². The molecule has 0 aromatic heterocycles. The molecule has 0 bridgehead atoms. The summed E-state index contributed by atoms with van der Waals surface area (Å²) in [4.78, 5) is 2.67. The minimum Gasteiger partial charge on any atom is -0.330 e. The Labute approximate surface area is 87.8 Å². The molecule has 14 heavy (non-hydrogen) atoms. The molecule has 0 unspecified atom stereocenters. The lowest BCUT2D eigenvalue weighted by Crippen LogP contribution is -2.57. The van der Waals surface area contributed by atoms with Crippen LogP contribution in [0, 0.1) is 11.3 Å². The summed E-state index contributed by atoms with van der Waals surface area (Å²) in [5.41, 5.74) is 6.29. The highest BCUT2D eigenvalue weighted by molar-refractivity contribution is 4.93. The fourth-order valence-electron chi connectivity index (χ4n) is 3.06. The minimum absolute atomic E-state index is 0.588. The number of likely N-dealkylation sites (tertiary alicyclic amines) is 1. The summed E-state index contributed by atoms with van der Waals surface area (Å²) in [5.74, 6) is 0.820. The molecule has 0 radical (unpaired) electrons. The van der Waals surface area contributed by atoms with E-state index in [2.05, 4.69) is 18.7 Å². The van der Waals surface area contributed by atoms with Crippen LogP contribution in [0.3, 0.4) is 0 Å². The summed E-state index contributed by atoms with van der Waals surface area (Å²) in [6, 6.07) is 0.880. The van der Waals surface area contributed by atoms with Gasteiger partial charge in [0.25, 0.3) is 0 Å². The van der Waals surface area contributed by atoms with Crippen molar-refractivity contribution in [3.63, 3.8) is 0 Å². The normalized spacial score (nSPS) is 37.9. The first-order chi connectivity index (χ1) is 6.61. The lowest BCUT2D eigenvalue weighted by atomic mass is 9.78. The Morgan fingerprint density at radius 2 is 1.71 bits per heavy atom. The number of rotatable bonds is 2. The van der Waals surface area contributed by atoms with Crippen LogP contribution in [-0.4, -0.2) is 30.6 Å². The maximum absolute atomic E-state index is 5.70. The molecule has 1 aliphatic carbocycles. The summed E-state index contributed by atoms with van der Waals surface area (Å²) in [7, 11) is 0. The molecule has 1 saturated carbocycles. The summed E-state index contributed by atoms with van der Waals surface area (Å²) in [5, 5.41) is 0. The van der Waals surface area contributed by atoms with Crippen LogP contribution in [0.1, 0.15) is 39.5 Å². The highest BCUT2D eigenvalue weighted by Crippen LogP contribution is 2.36. The van der Waals surface area contributed by atoms with Crippen LogP contribution < -0.4 is 5.73 Å². The highest BCUT2D eigenvalue weighted by atomic mass is 15.2. The van der Waals surface area contributed by atoms with E-state index in [-0.39, 0.29) is 0 Å². The van der Waals surface area contributed by atoms with Gasteiger partial charge in [-0.2, -0.15) is 0 Å². The summed E-state index contributed by atoms with van der Waals surface area (Å²) < 4.78 is 0. The molecule has 2 heteroatoms. The zero-order valence-electron chi connectivity index (χ0n) is 9.63. The highest BCUT2D eigenvalue weighted by Gasteiger charge is 2.38. The van der Waals surface area contributed by atoms with Gasteiger partial charge in [0.1, 0.15) is 0 Å². The van der Waals surface area contributed by atoms with Crippen molar-refractivity contribution in [3.8, 4) is 0 Å².